The third kappa shape index (κ3) is 5.27. The van der Waals surface area contributed by atoms with Gasteiger partial charge in [0.1, 0.15) is 0 Å². The summed E-state index contributed by atoms with van der Waals surface area (Å²) in [6.45, 7) is 5.22. The monoisotopic (exact) mass is 309 g/mol. The van der Waals surface area contributed by atoms with Crippen LogP contribution in [-0.4, -0.2) is 49.9 Å². The molecule has 2 rings (SSSR count). The molecule has 126 valence electrons. The van der Waals surface area contributed by atoms with Gasteiger partial charge >= 0.3 is 0 Å². The third-order valence-electron chi connectivity index (χ3n) is 5.29. The lowest BCUT2D eigenvalue weighted by Crippen LogP contribution is -2.41. The van der Waals surface area contributed by atoms with Crippen LogP contribution in [0.2, 0.25) is 0 Å². The van der Waals surface area contributed by atoms with E-state index in [1.807, 2.05) is 0 Å². The van der Waals surface area contributed by atoms with Crippen molar-refractivity contribution in [3.8, 4) is 0 Å². The quantitative estimate of drug-likeness (QED) is 0.779. The molecule has 1 saturated carbocycles. The molecule has 0 aromatic carbocycles. The molecule has 22 heavy (non-hydrogen) atoms. The van der Waals surface area contributed by atoms with Crippen LogP contribution >= 0.6 is 0 Å². The van der Waals surface area contributed by atoms with Crippen molar-refractivity contribution in [3.05, 3.63) is 0 Å². The van der Waals surface area contributed by atoms with Gasteiger partial charge in [0, 0.05) is 19.0 Å². The van der Waals surface area contributed by atoms with Crippen molar-refractivity contribution in [1.29, 1.82) is 0 Å². The zero-order valence-electron chi connectivity index (χ0n) is 14.1. The van der Waals surface area contributed by atoms with Gasteiger partial charge in [-0.3, -0.25) is 9.59 Å². The van der Waals surface area contributed by atoms with E-state index in [0.717, 1.165) is 57.7 Å². The Bertz CT molecular complexity index is 378. The lowest BCUT2D eigenvalue weighted by Gasteiger charge is -2.26. The summed E-state index contributed by atoms with van der Waals surface area (Å²) in [7, 11) is 2.11. The Balaban J connectivity index is 1.58. The van der Waals surface area contributed by atoms with Crippen molar-refractivity contribution in [3.63, 3.8) is 0 Å². The van der Waals surface area contributed by atoms with Crippen molar-refractivity contribution in [2.75, 3.05) is 33.2 Å². The average molecular weight is 309 g/mol. The Labute approximate surface area is 134 Å². The SMILES string of the molecule is CCC1CCC(C(=O)NCC(=O)NCC2CCN(C)C2)CC1. The van der Waals surface area contributed by atoms with Crippen molar-refractivity contribution in [1.82, 2.24) is 15.5 Å². The lowest BCUT2D eigenvalue weighted by atomic mass is 9.80. The van der Waals surface area contributed by atoms with Gasteiger partial charge in [0.25, 0.3) is 0 Å². The number of nitrogens with one attached hydrogen (secondary N) is 2. The van der Waals surface area contributed by atoms with Crippen LogP contribution in [0.5, 0.6) is 0 Å². The summed E-state index contributed by atoms with van der Waals surface area (Å²) in [4.78, 5) is 26.2. The lowest BCUT2D eigenvalue weighted by molar-refractivity contribution is -0.129. The zero-order chi connectivity index (χ0) is 15.9. The number of likely N-dealkylation sites (tertiary alicyclic amines) is 1. The molecular formula is C17H31N3O2. The fourth-order valence-corrected chi connectivity index (χ4v) is 3.66. The van der Waals surface area contributed by atoms with Crippen LogP contribution in [0, 0.1) is 17.8 Å². The molecule has 2 N–H and O–H groups in total. The third-order valence-corrected chi connectivity index (χ3v) is 5.29. The highest BCUT2D eigenvalue weighted by Crippen LogP contribution is 2.30. The minimum atomic E-state index is -0.0647. The van der Waals surface area contributed by atoms with Crippen LogP contribution in [0.15, 0.2) is 0 Å². The second-order valence-corrected chi connectivity index (χ2v) is 7.06. The largest absolute Gasteiger partial charge is 0.354 e. The molecule has 1 aliphatic carbocycles. The zero-order valence-corrected chi connectivity index (χ0v) is 14.1. The van der Waals surface area contributed by atoms with Gasteiger partial charge in [0.05, 0.1) is 6.54 Å². The number of amides is 2. The van der Waals surface area contributed by atoms with E-state index in [0.29, 0.717) is 5.92 Å². The molecule has 1 atom stereocenters. The van der Waals surface area contributed by atoms with Crippen LogP contribution in [0.3, 0.4) is 0 Å². The Morgan fingerprint density at radius 2 is 1.77 bits per heavy atom. The first-order valence-corrected chi connectivity index (χ1v) is 8.81. The van der Waals surface area contributed by atoms with E-state index in [1.54, 1.807) is 0 Å². The van der Waals surface area contributed by atoms with Gasteiger partial charge in [-0.05, 0) is 57.5 Å². The molecule has 0 radical (unpaired) electrons. The normalized spacial score (nSPS) is 29.3. The van der Waals surface area contributed by atoms with Crippen LogP contribution in [0.25, 0.3) is 0 Å². The van der Waals surface area contributed by atoms with Crippen LogP contribution in [0.1, 0.15) is 45.4 Å². The Morgan fingerprint density at radius 1 is 1.05 bits per heavy atom. The van der Waals surface area contributed by atoms with E-state index < -0.39 is 0 Å². The van der Waals surface area contributed by atoms with E-state index in [9.17, 15) is 9.59 Å². The van der Waals surface area contributed by atoms with Gasteiger partial charge in [-0.15, -0.1) is 0 Å². The highest BCUT2D eigenvalue weighted by atomic mass is 16.2. The molecular weight excluding hydrogens is 278 g/mol. The van der Waals surface area contributed by atoms with Crippen molar-refractivity contribution in [2.45, 2.75) is 45.4 Å². The summed E-state index contributed by atoms with van der Waals surface area (Å²) in [5.41, 5.74) is 0. The second-order valence-electron chi connectivity index (χ2n) is 7.06. The molecule has 0 aromatic rings. The molecule has 1 saturated heterocycles. The maximum atomic E-state index is 12.1. The summed E-state index contributed by atoms with van der Waals surface area (Å²) in [6, 6.07) is 0. The van der Waals surface area contributed by atoms with Crippen molar-refractivity contribution in [2.24, 2.45) is 17.8 Å². The fraction of sp³-hybridized carbons (Fsp3) is 0.882. The average Bonchev–Trinajstić information content (AvgIpc) is 2.96. The van der Waals surface area contributed by atoms with Gasteiger partial charge in [-0.1, -0.05) is 13.3 Å². The summed E-state index contributed by atoms with van der Waals surface area (Å²) >= 11 is 0. The highest BCUT2D eigenvalue weighted by molar-refractivity contribution is 5.85. The second kappa shape index (κ2) is 8.51. The maximum Gasteiger partial charge on any atom is 0.239 e. The van der Waals surface area contributed by atoms with E-state index in [4.69, 9.17) is 0 Å². The summed E-state index contributed by atoms with van der Waals surface area (Å²) in [5, 5.41) is 5.75. The fourth-order valence-electron chi connectivity index (χ4n) is 3.66. The number of hydrogen-bond donors (Lipinski definition) is 2. The topological polar surface area (TPSA) is 61.4 Å². The maximum absolute atomic E-state index is 12.1. The van der Waals surface area contributed by atoms with Crippen molar-refractivity contribution < 1.29 is 9.59 Å². The summed E-state index contributed by atoms with van der Waals surface area (Å²) < 4.78 is 0. The smallest absolute Gasteiger partial charge is 0.239 e. The van der Waals surface area contributed by atoms with E-state index in [1.165, 1.54) is 6.42 Å². The number of rotatable bonds is 6. The predicted octanol–water partition coefficient (Wildman–Crippen LogP) is 1.39. The molecule has 2 fully saturated rings. The molecule has 0 aromatic heterocycles. The highest BCUT2D eigenvalue weighted by Gasteiger charge is 2.25. The molecule has 5 nitrogen and oxygen atoms in total. The number of nitrogens with zero attached hydrogens (tertiary/aromatic N) is 1. The molecule has 5 heteroatoms. The standard InChI is InChI=1S/C17H31N3O2/c1-3-13-4-6-15(7-5-13)17(22)19-11-16(21)18-10-14-8-9-20(2)12-14/h13-15H,3-12H2,1-2H3,(H,18,21)(H,19,22). The van der Waals surface area contributed by atoms with E-state index in [2.05, 4.69) is 29.5 Å². The number of carbonyl (C=O) groups is 2. The minimum Gasteiger partial charge on any atom is -0.354 e. The van der Waals surface area contributed by atoms with Crippen LogP contribution < -0.4 is 10.6 Å². The van der Waals surface area contributed by atoms with Crippen LogP contribution in [0.4, 0.5) is 0 Å². The predicted molar refractivity (Wildman–Crippen MR) is 87.4 cm³/mol. The van der Waals surface area contributed by atoms with E-state index >= 15 is 0 Å². The van der Waals surface area contributed by atoms with Crippen LogP contribution in [-0.2, 0) is 9.59 Å². The summed E-state index contributed by atoms with van der Waals surface area (Å²) in [5.74, 6) is 1.44. The van der Waals surface area contributed by atoms with Gasteiger partial charge in [-0.2, -0.15) is 0 Å². The number of hydrogen-bond acceptors (Lipinski definition) is 3. The molecule has 1 aliphatic heterocycles. The van der Waals surface area contributed by atoms with Gasteiger partial charge in [-0.25, -0.2) is 0 Å². The number of carbonyl (C=O) groups excluding carboxylic acids is 2. The van der Waals surface area contributed by atoms with Gasteiger partial charge < -0.3 is 15.5 Å². The molecule has 0 bridgehead atoms. The van der Waals surface area contributed by atoms with Crippen molar-refractivity contribution >= 4 is 11.8 Å². The Hall–Kier alpha value is -1.10. The molecule has 2 amide bonds. The first kappa shape index (κ1) is 17.3. The van der Waals surface area contributed by atoms with Gasteiger partial charge in [0.2, 0.25) is 11.8 Å². The molecule has 1 heterocycles. The first-order chi connectivity index (χ1) is 10.6. The molecule has 2 aliphatic rings. The van der Waals surface area contributed by atoms with Gasteiger partial charge in [0.15, 0.2) is 0 Å². The molecule has 1 unspecified atom stereocenters. The Kier molecular flexibility index (Phi) is 6.68. The van der Waals surface area contributed by atoms with E-state index in [-0.39, 0.29) is 24.3 Å². The summed E-state index contributed by atoms with van der Waals surface area (Å²) in [6.07, 6.45) is 6.60. The molecule has 0 spiro atoms. The minimum absolute atomic E-state index is 0.0605. The first-order valence-electron chi connectivity index (χ1n) is 8.81. The Morgan fingerprint density at radius 3 is 2.36 bits per heavy atom.